The first kappa shape index (κ1) is 15.8. The maximum Gasteiger partial charge on any atom is 0.319 e. The Morgan fingerprint density at radius 2 is 2.13 bits per heavy atom. The Bertz CT molecular complexity index is 650. The topological polar surface area (TPSA) is 85.2 Å². The first-order valence-corrected chi connectivity index (χ1v) is 7.96. The van der Waals surface area contributed by atoms with E-state index < -0.39 is 17.4 Å². The number of anilines is 1. The Morgan fingerprint density at radius 1 is 1.39 bits per heavy atom. The van der Waals surface area contributed by atoms with Crippen LogP contribution in [0.1, 0.15) is 37.7 Å². The van der Waals surface area contributed by atoms with Crippen molar-refractivity contribution in [2.45, 2.75) is 37.6 Å². The predicted molar refractivity (Wildman–Crippen MR) is 83.2 cm³/mol. The molecule has 0 saturated heterocycles. The summed E-state index contributed by atoms with van der Waals surface area (Å²) in [6.45, 7) is -0.0872. The molecular weight excluding hydrogens is 297 g/mol. The lowest BCUT2D eigenvalue weighted by molar-refractivity contribution is 0.00858. The largest absolute Gasteiger partial charge is 0.394 e. The molecule has 3 N–H and O–H groups in total. The van der Waals surface area contributed by atoms with Crippen LogP contribution in [-0.4, -0.2) is 23.3 Å². The van der Waals surface area contributed by atoms with E-state index in [0.29, 0.717) is 5.92 Å². The van der Waals surface area contributed by atoms with Gasteiger partial charge in [0.15, 0.2) is 0 Å². The maximum absolute atomic E-state index is 13.1. The average Bonchev–Trinajstić information content (AvgIpc) is 2.57. The zero-order valence-electron chi connectivity index (χ0n) is 12.8. The minimum atomic E-state index is -0.585. The zero-order chi connectivity index (χ0) is 16.4. The number of halogens is 1. The smallest absolute Gasteiger partial charge is 0.319 e. The molecule has 3 aliphatic rings. The number of hydrogen-bond acceptors (Lipinski definition) is 3. The fourth-order valence-corrected chi connectivity index (χ4v) is 4.08. The lowest BCUT2D eigenvalue weighted by Gasteiger charge is -2.51. The highest BCUT2D eigenvalue weighted by atomic mass is 19.1. The second-order valence-electron chi connectivity index (χ2n) is 6.62. The van der Waals surface area contributed by atoms with Crippen LogP contribution in [0.5, 0.6) is 0 Å². The van der Waals surface area contributed by atoms with Crippen molar-refractivity contribution in [3.05, 3.63) is 29.6 Å². The van der Waals surface area contributed by atoms with Gasteiger partial charge in [0, 0.05) is 0 Å². The molecule has 0 radical (unpaired) electrons. The number of aliphatic hydroxyl groups excluding tert-OH is 1. The summed E-state index contributed by atoms with van der Waals surface area (Å²) < 4.78 is 13.1. The van der Waals surface area contributed by atoms with Crippen molar-refractivity contribution in [1.82, 2.24) is 5.32 Å². The van der Waals surface area contributed by atoms with Crippen LogP contribution in [0.4, 0.5) is 14.9 Å². The molecule has 5 nitrogen and oxygen atoms in total. The molecule has 2 bridgehead atoms. The normalized spacial score (nSPS) is 28.9. The minimum absolute atomic E-state index is 0.0726. The Hall–Kier alpha value is -2.13. The van der Waals surface area contributed by atoms with Crippen molar-refractivity contribution >= 4 is 11.7 Å². The third-order valence-corrected chi connectivity index (χ3v) is 5.28. The number of urea groups is 1. The van der Waals surface area contributed by atoms with E-state index in [0.717, 1.165) is 38.2 Å². The molecule has 3 saturated carbocycles. The fraction of sp³-hybridized carbons (Fsp3) is 0.529. The van der Waals surface area contributed by atoms with E-state index in [2.05, 4.69) is 10.6 Å². The average molecular weight is 317 g/mol. The number of rotatable bonds is 3. The van der Waals surface area contributed by atoms with Crippen LogP contribution >= 0.6 is 0 Å². The zero-order valence-corrected chi connectivity index (χ0v) is 12.8. The molecule has 1 aromatic rings. The van der Waals surface area contributed by atoms with Gasteiger partial charge in [0.05, 0.1) is 23.4 Å². The number of nitrogens with zero attached hydrogens (tertiary/aromatic N) is 1. The van der Waals surface area contributed by atoms with Crippen LogP contribution in [-0.2, 0) is 0 Å². The molecule has 0 aromatic heterocycles. The summed E-state index contributed by atoms with van der Waals surface area (Å²) in [6.07, 6.45) is 5.14. The van der Waals surface area contributed by atoms with Gasteiger partial charge in [-0.25, -0.2) is 9.18 Å². The number of benzene rings is 1. The van der Waals surface area contributed by atoms with Crippen LogP contribution in [0.15, 0.2) is 18.2 Å². The fourth-order valence-electron chi connectivity index (χ4n) is 4.08. The lowest BCUT2D eigenvalue weighted by Crippen LogP contribution is -2.62. The van der Waals surface area contributed by atoms with E-state index in [4.69, 9.17) is 5.26 Å². The van der Waals surface area contributed by atoms with Gasteiger partial charge in [-0.3, -0.25) is 0 Å². The molecule has 1 aromatic carbocycles. The van der Waals surface area contributed by atoms with Gasteiger partial charge < -0.3 is 15.7 Å². The SMILES string of the molecule is N#Cc1cc(F)ccc1NC(=O)NC1(CO)CC2CCC1CC2. The molecule has 1 atom stereocenters. The summed E-state index contributed by atoms with van der Waals surface area (Å²) in [5.74, 6) is 0.309. The van der Waals surface area contributed by atoms with Gasteiger partial charge in [0.2, 0.25) is 0 Å². The Labute approximate surface area is 134 Å². The summed E-state index contributed by atoms with van der Waals surface area (Å²) in [4.78, 5) is 12.3. The highest BCUT2D eigenvalue weighted by Crippen LogP contribution is 2.47. The molecule has 3 fully saturated rings. The number of amides is 2. The molecule has 1 unspecified atom stereocenters. The second-order valence-corrected chi connectivity index (χ2v) is 6.62. The van der Waals surface area contributed by atoms with Gasteiger partial charge >= 0.3 is 6.03 Å². The van der Waals surface area contributed by atoms with E-state index in [1.165, 1.54) is 12.1 Å². The molecule has 6 heteroatoms. The van der Waals surface area contributed by atoms with Crippen molar-refractivity contribution in [3.8, 4) is 6.07 Å². The van der Waals surface area contributed by atoms with Gasteiger partial charge in [0.1, 0.15) is 11.9 Å². The predicted octanol–water partition coefficient (Wildman–Crippen LogP) is 2.76. The van der Waals surface area contributed by atoms with E-state index in [9.17, 15) is 14.3 Å². The molecular formula is C17H20FN3O2. The van der Waals surface area contributed by atoms with Crippen molar-refractivity contribution in [1.29, 1.82) is 5.26 Å². The van der Waals surface area contributed by atoms with Gasteiger partial charge in [0.25, 0.3) is 0 Å². The number of hydrogen-bond donors (Lipinski definition) is 3. The standard InChI is InChI=1S/C17H20FN3O2/c18-14-5-6-15(12(7-14)9-19)20-16(23)21-17(10-22)8-11-1-3-13(17)4-2-11/h5-7,11,13,22H,1-4,8,10H2,(H2,20,21,23). The van der Waals surface area contributed by atoms with Crippen LogP contribution in [0.2, 0.25) is 0 Å². The summed E-state index contributed by atoms with van der Waals surface area (Å²) in [6, 6.07) is 5.05. The first-order valence-electron chi connectivity index (χ1n) is 7.96. The monoisotopic (exact) mass is 317 g/mol. The number of nitriles is 1. The van der Waals surface area contributed by atoms with Crippen LogP contribution < -0.4 is 10.6 Å². The molecule has 2 amide bonds. The molecule has 3 aliphatic carbocycles. The highest BCUT2D eigenvalue weighted by molar-refractivity contribution is 5.91. The number of nitrogens with one attached hydrogen (secondary N) is 2. The molecule has 0 heterocycles. The van der Waals surface area contributed by atoms with E-state index >= 15 is 0 Å². The van der Waals surface area contributed by atoms with Crippen LogP contribution in [0, 0.1) is 29.0 Å². The summed E-state index contributed by atoms with van der Waals surface area (Å²) in [5.41, 5.74) is -0.248. The molecule has 0 aliphatic heterocycles. The van der Waals surface area contributed by atoms with Gasteiger partial charge in [-0.1, -0.05) is 12.8 Å². The van der Waals surface area contributed by atoms with Gasteiger partial charge in [-0.15, -0.1) is 0 Å². The third-order valence-electron chi connectivity index (χ3n) is 5.28. The maximum atomic E-state index is 13.1. The second kappa shape index (κ2) is 6.17. The molecule has 23 heavy (non-hydrogen) atoms. The number of aliphatic hydroxyl groups is 1. The Balaban J connectivity index is 1.73. The van der Waals surface area contributed by atoms with Crippen LogP contribution in [0.3, 0.4) is 0 Å². The lowest BCUT2D eigenvalue weighted by atomic mass is 9.60. The quantitative estimate of drug-likeness (QED) is 0.801. The molecule has 122 valence electrons. The summed E-state index contributed by atoms with van der Waals surface area (Å²) in [5, 5.41) is 24.4. The van der Waals surface area contributed by atoms with Crippen molar-refractivity contribution in [2.75, 3.05) is 11.9 Å². The van der Waals surface area contributed by atoms with Crippen molar-refractivity contribution in [3.63, 3.8) is 0 Å². The first-order chi connectivity index (χ1) is 11.1. The Morgan fingerprint density at radius 3 is 2.70 bits per heavy atom. The summed E-state index contributed by atoms with van der Waals surface area (Å²) in [7, 11) is 0. The summed E-state index contributed by atoms with van der Waals surface area (Å²) >= 11 is 0. The van der Waals surface area contributed by atoms with Crippen molar-refractivity contribution < 1.29 is 14.3 Å². The van der Waals surface area contributed by atoms with Gasteiger partial charge in [-0.2, -0.15) is 5.26 Å². The van der Waals surface area contributed by atoms with Gasteiger partial charge in [-0.05, 0) is 49.3 Å². The van der Waals surface area contributed by atoms with Crippen LogP contribution in [0.25, 0.3) is 0 Å². The molecule has 4 rings (SSSR count). The Kier molecular flexibility index (Phi) is 4.22. The van der Waals surface area contributed by atoms with Crippen molar-refractivity contribution in [2.24, 2.45) is 11.8 Å². The highest BCUT2D eigenvalue weighted by Gasteiger charge is 2.48. The third kappa shape index (κ3) is 3.02. The van der Waals surface area contributed by atoms with E-state index in [-0.39, 0.29) is 23.8 Å². The number of carbonyl (C=O) groups excluding carboxylic acids is 1. The van der Waals surface area contributed by atoms with E-state index in [1.807, 2.05) is 6.07 Å². The number of carbonyl (C=O) groups is 1. The minimum Gasteiger partial charge on any atom is -0.394 e. The number of fused-ring (bicyclic) bond motifs is 3. The van der Waals surface area contributed by atoms with E-state index in [1.54, 1.807) is 0 Å². The molecule has 0 spiro atoms.